The Kier molecular flexibility index (Phi) is 5.63. The zero-order chi connectivity index (χ0) is 15.3. The first-order valence-corrected chi connectivity index (χ1v) is 7.83. The maximum Gasteiger partial charge on any atom is 0.346 e. The SMILES string of the molecule is CCN(CCOC)C(=O)n1cnc(S(=O)(=O)C(C)C)n1. The van der Waals surface area contributed by atoms with Crippen LogP contribution in [0.1, 0.15) is 20.8 Å². The molecular weight excluding hydrogens is 284 g/mol. The van der Waals surface area contributed by atoms with Crippen molar-refractivity contribution >= 4 is 15.9 Å². The van der Waals surface area contributed by atoms with E-state index >= 15 is 0 Å². The van der Waals surface area contributed by atoms with E-state index < -0.39 is 21.1 Å². The fourth-order valence-electron chi connectivity index (χ4n) is 1.42. The molecule has 0 aliphatic heterocycles. The monoisotopic (exact) mass is 304 g/mol. The Bertz CT molecular complexity index is 553. The number of carbonyl (C=O) groups is 1. The molecule has 1 heterocycles. The van der Waals surface area contributed by atoms with E-state index in [1.165, 1.54) is 18.7 Å². The molecule has 0 spiro atoms. The highest BCUT2D eigenvalue weighted by atomic mass is 32.2. The molecule has 0 saturated carbocycles. The summed E-state index contributed by atoms with van der Waals surface area (Å²) < 4.78 is 29.6. The summed E-state index contributed by atoms with van der Waals surface area (Å²) in [4.78, 5) is 17.3. The normalized spacial score (nSPS) is 11.8. The van der Waals surface area contributed by atoms with Crippen molar-refractivity contribution in [3.63, 3.8) is 0 Å². The zero-order valence-corrected chi connectivity index (χ0v) is 12.9. The summed E-state index contributed by atoms with van der Waals surface area (Å²) in [5.74, 6) is 0. The Balaban J connectivity index is 2.94. The zero-order valence-electron chi connectivity index (χ0n) is 12.1. The number of rotatable bonds is 6. The predicted molar refractivity (Wildman–Crippen MR) is 72.3 cm³/mol. The summed E-state index contributed by atoms with van der Waals surface area (Å²) in [5.41, 5.74) is 0. The van der Waals surface area contributed by atoms with Crippen LogP contribution in [0.3, 0.4) is 0 Å². The van der Waals surface area contributed by atoms with Crippen molar-refractivity contribution in [3.8, 4) is 0 Å². The Morgan fingerprint density at radius 3 is 2.65 bits per heavy atom. The second kappa shape index (κ2) is 6.80. The highest BCUT2D eigenvalue weighted by molar-refractivity contribution is 7.91. The number of carbonyl (C=O) groups excluding carboxylic acids is 1. The highest BCUT2D eigenvalue weighted by Crippen LogP contribution is 2.10. The summed E-state index contributed by atoms with van der Waals surface area (Å²) in [6.07, 6.45) is 1.12. The van der Waals surface area contributed by atoms with Crippen LogP contribution in [0.4, 0.5) is 4.79 Å². The van der Waals surface area contributed by atoms with Crippen molar-refractivity contribution in [1.82, 2.24) is 19.7 Å². The van der Waals surface area contributed by atoms with Gasteiger partial charge in [-0.2, -0.15) is 4.68 Å². The van der Waals surface area contributed by atoms with Crippen LogP contribution >= 0.6 is 0 Å². The number of sulfone groups is 1. The van der Waals surface area contributed by atoms with E-state index in [4.69, 9.17) is 4.74 Å². The number of hydrogen-bond donors (Lipinski definition) is 0. The topological polar surface area (TPSA) is 94.4 Å². The third-order valence-corrected chi connectivity index (χ3v) is 4.70. The number of hydrogen-bond acceptors (Lipinski definition) is 6. The van der Waals surface area contributed by atoms with E-state index in [2.05, 4.69) is 10.1 Å². The molecule has 0 aliphatic carbocycles. The average molecular weight is 304 g/mol. The summed E-state index contributed by atoms with van der Waals surface area (Å²) in [6, 6.07) is -0.428. The first-order valence-electron chi connectivity index (χ1n) is 6.28. The third kappa shape index (κ3) is 3.54. The second-order valence-corrected chi connectivity index (χ2v) is 6.82. The van der Waals surface area contributed by atoms with Crippen molar-refractivity contribution in [3.05, 3.63) is 6.33 Å². The van der Waals surface area contributed by atoms with Gasteiger partial charge in [-0.25, -0.2) is 18.2 Å². The van der Waals surface area contributed by atoms with Gasteiger partial charge < -0.3 is 9.64 Å². The average Bonchev–Trinajstić information content (AvgIpc) is 2.89. The van der Waals surface area contributed by atoms with Crippen molar-refractivity contribution in [1.29, 1.82) is 0 Å². The number of aromatic nitrogens is 3. The van der Waals surface area contributed by atoms with Crippen LogP contribution in [0.25, 0.3) is 0 Å². The molecule has 20 heavy (non-hydrogen) atoms. The molecule has 0 aromatic carbocycles. The molecule has 0 N–H and O–H groups in total. The molecule has 1 aromatic rings. The van der Waals surface area contributed by atoms with Gasteiger partial charge in [0.25, 0.3) is 5.16 Å². The van der Waals surface area contributed by atoms with Crippen molar-refractivity contribution in [2.75, 3.05) is 26.8 Å². The van der Waals surface area contributed by atoms with Crippen molar-refractivity contribution in [2.45, 2.75) is 31.2 Å². The molecule has 0 unspecified atom stereocenters. The Labute approximate surface area is 118 Å². The van der Waals surface area contributed by atoms with Gasteiger partial charge in [-0.05, 0) is 20.8 Å². The van der Waals surface area contributed by atoms with Gasteiger partial charge >= 0.3 is 6.03 Å². The maximum atomic E-state index is 12.1. The van der Waals surface area contributed by atoms with Gasteiger partial charge in [0.1, 0.15) is 6.33 Å². The molecule has 0 aliphatic rings. The molecule has 1 aromatic heterocycles. The molecule has 0 fully saturated rings. The summed E-state index contributed by atoms with van der Waals surface area (Å²) >= 11 is 0. The number of ether oxygens (including phenoxy) is 1. The second-order valence-electron chi connectivity index (χ2n) is 4.42. The van der Waals surface area contributed by atoms with E-state index in [9.17, 15) is 13.2 Å². The molecule has 1 amide bonds. The molecule has 0 bridgehead atoms. The molecule has 0 atom stereocenters. The van der Waals surface area contributed by atoms with E-state index in [0.29, 0.717) is 19.7 Å². The van der Waals surface area contributed by atoms with Crippen molar-refractivity contribution < 1.29 is 17.9 Å². The Hall–Kier alpha value is -1.48. The van der Waals surface area contributed by atoms with Crippen LogP contribution in [0.5, 0.6) is 0 Å². The Morgan fingerprint density at radius 2 is 2.15 bits per heavy atom. The van der Waals surface area contributed by atoms with Gasteiger partial charge in [0.2, 0.25) is 9.84 Å². The minimum Gasteiger partial charge on any atom is -0.383 e. The highest BCUT2D eigenvalue weighted by Gasteiger charge is 2.25. The van der Waals surface area contributed by atoms with Gasteiger partial charge in [0.05, 0.1) is 11.9 Å². The standard InChI is InChI=1S/C11H20N4O4S/c1-5-14(6-7-19-4)11(16)15-8-12-10(13-15)20(17,18)9(2)3/h8-9H,5-7H2,1-4H3. The smallest absolute Gasteiger partial charge is 0.346 e. The minimum absolute atomic E-state index is 0.330. The molecule has 9 heteroatoms. The van der Waals surface area contributed by atoms with Crippen LogP contribution < -0.4 is 0 Å². The molecular formula is C11H20N4O4S. The molecule has 0 radical (unpaired) electrons. The lowest BCUT2D eigenvalue weighted by Crippen LogP contribution is -2.37. The van der Waals surface area contributed by atoms with E-state index in [-0.39, 0.29) is 5.16 Å². The number of likely N-dealkylation sites (N-methyl/N-ethyl adjacent to an activating group) is 1. The summed E-state index contributed by atoms with van der Waals surface area (Å²) in [6.45, 7) is 6.15. The van der Waals surface area contributed by atoms with E-state index in [1.807, 2.05) is 6.92 Å². The maximum absolute atomic E-state index is 12.1. The van der Waals surface area contributed by atoms with Crippen LogP contribution in [-0.4, -0.2) is 66.2 Å². The largest absolute Gasteiger partial charge is 0.383 e. The van der Waals surface area contributed by atoms with Gasteiger partial charge in [-0.3, -0.25) is 0 Å². The number of amides is 1. The molecule has 114 valence electrons. The fraction of sp³-hybridized carbons (Fsp3) is 0.727. The van der Waals surface area contributed by atoms with E-state index in [0.717, 1.165) is 11.0 Å². The van der Waals surface area contributed by atoms with Gasteiger partial charge in [0.15, 0.2) is 0 Å². The Morgan fingerprint density at radius 1 is 1.50 bits per heavy atom. The molecule has 8 nitrogen and oxygen atoms in total. The molecule has 1 rings (SSSR count). The summed E-state index contributed by atoms with van der Waals surface area (Å²) in [7, 11) is -2.03. The minimum atomic E-state index is -3.58. The lowest BCUT2D eigenvalue weighted by atomic mass is 10.5. The fourth-order valence-corrected chi connectivity index (χ4v) is 2.23. The van der Waals surface area contributed by atoms with Gasteiger partial charge in [-0.1, -0.05) is 0 Å². The van der Waals surface area contributed by atoms with Crippen LogP contribution in [0.2, 0.25) is 0 Å². The van der Waals surface area contributed by atoms with Gasteiger partial charge in [-0.15, -0.1) is 5.10 Å². The first kappa shape index (κ1) is 16.6. The quantitative estimate of drug-likeness (QED) is 0.755. The number of nitrogens with zero attached hydrogens (tertiary/aromatic N) is 4. The van der Waals surface area contributed by atoms with E-state index in [1.54, 1.807) is 7.11 Å². The summed E-state index contributed by atoms with van der Waals surface area (Å²) in [5, 5.41) is 2.80. The first-order chi connectivity index (χ1) is 9.34. The predicted octanol–water partition coefficient (Wildman–Crippen LogP) is 0.397. The van der Waals surface area contributed by atoms with Crippen LogP contribution in [0, 0.1) is 0 Å². The molecule has 0 saturated heterocycles. The lowest BCUT2D eigenvalue weighted by Gasteiger charge is -2.19. The van der Waals surface area contributed by atoms with Crippen LogP contribution in [0.15, 0.2) is 11.5 Å². The number of methoxy groups -OCH3 is 1. The van der Waals surface area contributed by atoms with Crippen molar-refractivity contribution in [2.24, 2.45) is 0 Å². The van der Waals surface area contributed by atoms with Crippen LogP contribution in [-0.2, 0) is 14.6 Å². The van der Waals surface area contributed by atoms with Gasteiger partial charge in [0, 0.05) is 20.2 Å². The third-order valence-electron chi connectivity index (χ3n) is 2.76. The lowest BCUT2D eigenvalue weighted by molar-refractivity contribution is 0.150.